The maximum Gasteiger partial charge on any atom is 0.295 e. The molecule has 12 heteroatoms. The molecule has 2 unspecified atom stereocenters. The van der Waals surface area contributed by atoms with E-state index in [9.17, 15) is 22.3 Å². The molecule has 3 aromatic rings. The molecule has 180 valence electrons. The quantitative estimate of drug-likeness (QED) is 0.409. The fraction of sp³-hybridized carbons (Fsp3) is 0.409. The number of alkyl halides is 2. The first-order chi connectivity index (χ1) is 16.4. The molecule has 2 fully saturated rings. The van der Waals surface area contributed by atoms with Crippen LogP contribution in [0.1, 0.15) is 50.6 Å². The Morgan fingerprint density at radius 3 is 2.65 bits per heavy atom. The van der Waals surface area contributed by atoms with E-state index in [4.69, 9.17) is 4.74 Å². The van der Waals surface area contributed by atoms with Crippen molar-refractivity contribution in [2.24, 2.45) is 5.92 Å². The van der Waals surface area contributed by atoms with Crippen LogP contribution in [0.5, 0.6) is 0 Å². The van der Waals surface area contributed by atoms with Gasteiger partial charge in [0.2, 0.25) is 5.91 Å². The van der Waals surface area contributed by atoms with Gasteiger partial charge in [-0.3, -0.25) is 9.36 Å². The number of para-hydroxylation sites is 1. The molecular weight excluding hydrogens is 468 g/mol. The normalized spacial score (nSPS) is 19.4. The molecule has 3 heterocycles. The third-order valence-corrected chi connectivity index (χ3v) is 6.59. The Balaban J connectivity index is 1.66. The zero-order valence-electron chi connectivity index (χ0n) is 18.0. The predicted octanol–water partition coefficient (Wildman–Crippen LogP) is 4.74. The highest BCUT2D eigenvalue weighted by molar-refractivity contribution is 7.79. The molecule has 1 aromatic carbocycles. The number of amides is 1. The van der Waals surface area contributed by atoms with Crippen LogP contribution in [0.15, 0.2) is 35.2 Å². The van der Waals surface area contributed by atoms with Gasteiger partial charge in [-0.1, -0.05) is 12.1 Å². The molecule has 5 rings (SSSR count). The minimum Gasteiger partial charge on any atom is -0.358 e. The molecule has 1 saturated heterocycles. The Morgan fingerprint density at radius 2 is 1.97 bits per heavy atom. The lowest BCUT2D eigenvalue weighted by atomic mass is 10.2. The minimum atomic E-state index is -2.88. The van der Waals surface area contributed by atoms with Gasteiger partial charge in [0.25, 0.3) is 6.43 Å². The van der Waals surface area contributed by atoms with Crippen LogP contribution in [0.4, 0.5) is 26.0 Å². The summed E-state index contributed by atoms with van der Waals surface area (Å²) in [7, 11) is 0. The van der Waals surface area contributed by atoms with Crippen molar-refractivity contribution < 1.29 is 27.1 Å². The van der Waals surface area contributed by atoms with Crippen molar-refractivity contribution in [3.8, 4) is 0 Å². The standard InChI is InChI=1S/C22H23F2N5O4S/c23-19(24)21-28-18-14(25-13-5-1-2-6-15(13)34(31)32)11-16(27-22(30)12-8-9-12)26-20(18)29(21)17-7-3-4-10-33-17/h1-2,5-6,11-12,17,19H,3-4,7-10H2,(H,31,32)(H2,25,26,27,30). The number of aromatic nitrogens is 3. The van der Waals surface area contributed by atoms with E-state index >= 15 is 0 Å². The fourth-order valence-corrected chi connectivity index (χ4v) is 4.55. The Labute approximate surface area is 196 Å². The summed E-state index contributed by atoms with van der Waals surface area (Å²) in [5.41, 5.74) is 0.858. The molecule has 1 saturated carbocycles. The number of nitrogens with one attached hydrogen (secondary N) is 2. The first-order valence-corrected chi connectivity index (χ1v) is 12.1. The van der Waals surface area contributed by atoms with Gasteiger partial charge in [0.05, 0.1) is 16.3 Å². The number of rotatable bonds is 7. The first kappa shape index (κ1) is 22.8. The number of nitrogens with zero attached hydrogens (tertiary/aromatic N) is 3. The summed E-state index contributed by atoms with van der Waals surface area (Å²) in [6.07, 6.45) is 0.220. The highest BCUT2D eigenvalue weighted by Crippen LogP contribution is 2.37. The number of hydrogen-bond donors (Lipinski definition) is 3. The van der Waals surface area contributed by atoms with Crippen LogP contribution in [0.3, 0.4) is 0 Å². The molecule has 9 nitrogen and oxygen atoms in total. The lowest BCUT2D eigenvalue weighted by Gasteiger charge is -2.25. The maximum atomic E-state index is 14.0. The van der Waals surface area contributed by atoms with Crippen molar-refractivity contribution in [3.63, 3.8) is 0 Å². The second-order valence-electron chi connectivity index (χ2n) is 8.32. The van der Waals surface area contributed by atoms with Gasteiger partial charge in [-0.15, -0.1) is 0 Å². The van der Waals surface area contributed by atoms with E-state index in [1.165, 1.54) is 16.7 Å². The van der Waals surface area contributed by atoms with E-state index in [0.717, 1.165) is 25.7 Å². The predicted molar refractivity (Wildman–Crippen MR) is 121 cm³/mol. The molecule has 1 aliphatic heterocycles. The number of carbonyl (C=O) groups excluding carboxylic acids is 1. The van der Waals surface area contributed by atoms with E-state index in [2.05, 4.69) is 20.6 Å². The van der Waals surface area contributed by atoms with Gasteiger partial charge < -0.3 is 19.9 Å². The molecule has 2 aromatic heterocycles. The number of imidazole rings is 1. The molecule has 1 amide bonds. The number of ether oxygens (including phenoxy) is 1. The molecule has 0 bridgehead atoms. The van der Waals surface area contributed by atoms with Crippen molar-refractivity contribution in [2.45, 2.75) is 49.7 Å². The van der Waals surface area contributed by atoms with E-state index in [1.54, 1.807) is 18.2 Å². The number of benzene rings is 1. The van der Waals surface area contributed by atoms with Crippen LogP contribution in [0, 0.1) is 5.92 Å². The van der Waals surface area contributed by atoms with Gasteiger partial charge in [-0.2, -0.15) is 0 Å². The monoisotopic (exact) mass is 491 g/mol. The highest BCUT2D eigenvalue weighted by Gasteiger charge is 2.32. The van der Waals surface area contributed by atoms with Crippen molar-refractivity contribution in [2.75, 3.05) is 17.2 Å². The van der Waals surface area contributed by atoms with Crippen LogP contribution >= 0.6 is 0 Å². The fourth-order valence-electron chi connectivity index (χ4n) is 4.05. The average molecular weight is 492 g/mol. The van der Waals surface area contributed by atoms with Crippen molar-refractivity contribution in [1.29, 1.82) is 0 Å². The first-order valence-electron chi connectivity index (χ1n) is 11.0. The van der Waals surface area contributed by atoms with Crippen molar-refractivity contribution >= 4 is 45.3 Å². The van der Waals surface area contributed by atoms with Crippen LogP contribution in [-0.4, -0.2) is 35.8 Å². The highest BCUT2D eigenvalue weighted by atomic mass is 32.2. The largest absolute Gasteiger partial charge is 0.358 e. The van der Waals surface area contributed by atoms with Crippen molar-refractivity contribution in [1.82, 2.24) is 14.5 Å². The topological polar surface area (TPSA) is 118 Å². The number of carbonyl (C=O) groups is 1. The van der Waals surface area contributed by atoms with E-state index in [1.807, 2.05) is 0 Å². The van der Waals surface area contributed by atoms with Crippen LogP contribution < -0.4 is 10.6 Å². The molecule has 34 heavy (non-hydrogen) atoms. The van der Waals surface area contributed by atoms with Crippen molar-refractivity contribution in [3.05, 3.63) is 36.2 Å². The zero-order valence-corrected chi connectivity index (χ0v) is 18.9. The molecule has 2 aliphatic rings. The van der Waals surface area contributed by atoms with Gasteiger partial charge >= 0.3 is 0 Å². The molecule has 0 spiro atoms. The van der Waals surface area contributed by atoms with E-state index in [-0.39, 0.29) is 39.4 Å². The van der Waals surface area contributed by atoms with E-state index < -0.39 is 29.6 Å². The molecule has 1 aliphatic carbocycles. The number of hydrogen-bond acceptors (Lipinski definition) is 6. The summed E-state index contributed by atoms with van der Waals surface area (Å²) in [5, 5.41) is 5.79. The molecule has 3 N–H and O–H groups in total. The van der Waals surface area contributed by atoms with Gasteiger partial charge in [-0.25, -0.2) is 23.0 Å². The smallest absolute Gasteiger partial charge is 0.295 e. The number of pyridine rings is 1. The summed E-state index contributed by atoms with van der Waals surface area (Å²) in [4.78, 5) is 21.2. The molecule has 2 atom stereocenters. The summed E-state index contributed by atoms with van der Waals surface area (Å²) in [6.45, 7) is 0.436. The lowest BCUT2D eigenvalue weighted by Crippen LogP contribution is -2.21. The average Bonchev–Trinajstić information content (AvgIpc) is 3.60. The minimum absolute atomic E-state index is 0.0883. The summed E-state index contributed by atoms with van der Waals surface area (Å²) in [6, 6.07) is 7.85. The van der Waals surface area contributed by atoms with Crippen LogP contribution in [0.25, 0.3) is 11.2 Å². The Kier molecular flexibility index (Phi) is 6.28. The second-order valence-corrected chi connectivity index (χ2v) is 9.26. The number of halogens is 2. The third kappa shape index (κ3) is 4.52. The zero-order chi connectivity index (χ0) is 23.8. The lowest BCUT2D eigenvalue weighted by molar-refractivity contribution is -0.117. The summed E-state index contributed by atoms with van der Waals surface area (Å²) >= 11 is -2.28. The van der Waals surface area contributed by atoms with Crippen LogP contribution in [0.2, 0.25) is 0 Å². The van der Waals surface area contributed by atoms with Gasteiger partial charge in [0.15, 0.2) is 22.6 Å². The summed E-state index contributed by atoms with van der Waals surface area (Å²) in [5.74, 6) is -0.590. The SMILES string of the molecule is O=C(Nc1cc(Nc2ccccc2S(=O)O)c2nc(C(F)F)n(C3CCCCO3)c2n1)C1CC1. The van der Waals surface area contributed by atoms with Gasteiger partial charge in [0.1, 0.15) is 17.6 Å². The Morgan fingerprint density at radius 1 is 1.18 bits per heavy atom. The van der Waals surface area contributed by atoms with Crippen LogP contribution in [-0.2, 0) is 20.6 Å². The summed E-state index contributed by atoms with van der Waals surface area (Å²) < 4.78 is 56.6. The van der Waals surface area contributed by atoms with E-state index in [0.29, 0.717) is 18.7 Å². The van der Waals surface area contributed by atoms with Gasteiger partial charge in [-0.05, 0) is 44.2 Å². The molecular formula is C22H23F2N5O4S. The number of anilines is 3. The molecule has 0 radical (unpaired) electrons. The number of fused-ring (bicyclic) bond motifs is 1. The third-order valence-electron chi connectivity index (χ3n) is 5.86. The second kappa shape index (κ2) is 9.35. The van der Waals surface area contributed by atoms with Gasteiger partial charge in [0, 0.05) is 18.6 Å². The Bertz CT molecular complexity index is 1260. The Hall–Kier alpha value is -2.96. The maximum absolute atomic E-state index is 14.0.